The summed E-state index contributed by atoms with van der Waals surface area (Å²) in [6.07, 6.45) is 20.6. The van der Waals surface area contributed by atoms with E-state index in [4.69, 9.17) is 59.9 Å². The van der Waals surface area contributed by atoms with Gasteiger partial charge in [-0.15, -0.1) is 0 Å². The molecule has 12 aromatic rings. The molecule has 114 heavy (non-hydrogen) atoms. The second-order valence-electron chi connectivity index (χ2n) is 29.5. The Kier molecular flexibility index (Phi) is 33.4. The van der Waals surface area contributed by atoms with Crippen LogP contribution in [0, 0.1) is 39.3 Å². The number of H-pyrrole nitrogens is 6. The number of benzene rings is 6. The van der Waals surface area contributed by atoms with E-state index in [1.165, 1.54) is 23.8 Å². The molecule has 6 heterocycles. The lowest BCUT2D eigenvalue weighted by atomic mass is 9.87. The van der Waals surface area contributed by atoms with Crippen molar-refractivity contribution in [3.63, 3.8) is 0 Å². The fraction of sp³-hybridized carbons (Fsp3) is 0.386. The number of carboxylic acid groups (broad SMARTS) is 6. The Morgan fingerprint density at radius 1 is 0.316 bits per heavy atom. The zero-order chi connectivity index (χ0) is 83.9. The Labute approximate surface area is 662 Å². The first-order chi connectivity index (χ1) is 54.3. The molecule has 0 unspecified atom stereocenters. The summed E-state index contributed by atoms with van der Waals surface area (Å²) in [6.45, 7) is 20.2. The van der Waals surface area contributed by atoms with Crippen molar-refractivity contribution in [2.75, 3.05) is 0 Å². The van der Waals surface area contributed by atoms with Crippen molar-refractivity contribution in [1.29, 1.82) is 0 Å². The summed E-state index contributed by atoms with van der Waals surface area (Å²) in [7, 11) is 0. The highest BCUT2D eigenvalue weighted by Crippen LogP contribution is 2.39. The smallest absolute Gasteiger partial charge is 0.321 e. The summed E-state index contributed by atoms with van der Waals surface area (Å²) < 4.78 is 27.3. The van der Waals surface area contributed by atoms with E-state index in [2.05, 4.69) is 42.0 Å². The topological polar surface area (TPSA) is 475 Å². The van der Waals surface area contributed by atoms with Crippen LogP contribution in [0.4, 0.5) is 8.78 Å². The number of aliphatic carboxylic acids is 6. The first-order valence-electron chi connectivity index (χ1n) is 39.0. The molecule has 6 aromatic carbocycles. The van der Waals surface area contributed by atoms with Crippen LogP contribution in [0.5, 0.6) is 0 Å². The molecule has 6 aromatic heterocycles. The normalized spacial score (nSPS) is 14.5. The predicted molar refractivity (Wildman–Crippen MR) is 448 cm³/mol. The average molecular weight is 1570 g/mol. The zero-order valence-electron chi connectivity index (χ0n) is 66.6. The third kappa shape index (κ3) is 22.1. The number of carbonyl (C=O) groups is 6. The van der Waals surface area contributed by atoms with E-state index in [0.29, 0.717) is 34.7 Å². The molecule has 0 bridgehead atoms. The standard InChI is InChI=1S/4C15H20N2O2.2C14H17FN2O2/c1-3-5-10(14(16)15(18)19)11-8-17-12-7-4-6-9(2)13(11)12;1-3-5-10(13(16)15(18)19)12-8-17-14-9(2)6-4-7-11(12)14;1-3-4-11(14(16)15(18)19)12-8-17-13-7-9(2)5-6-10(12)13;1-3-4-10(14(16)15(18)19)12-8-17-13-6-5-9(2)7-11(12)13;1-2-4-8(13(16)14(18)19)9-7-17-11-6-3-5-10(15)12(9)11;1-2-3-9(13(16)14(18)19)11-7-17-12-5-4-8(15)6-10(11)12/h4,6-8,10,14,17H,3,5,16H2,1-2H3,(H,18,19);4,6-8,10,13,17H,3,5,16H2,1-2H3,(H,18,19);5-8,11,14,17H,3-4,16H2,1-2H3,(H,18,19);5-8,10,14,17H,3-4,16H2,1-2H3,(H,18,19);3,5-8,13,17H,2,4,16H2,1H3,(H,18,19);4-7,9,13,17H,2-3,16H2,1H3,(H,18,19)/t10-,14-;10-,13-;11-,14-;10-,14-;8-,13-;9-,13-/m000000/s1. The van der Waals surface area contributed by atoms with Gasteiger partial charge in [-0.05, 0) is 171 Å². The molecular formula is C88H114F2N12O12. The number of rotatable bonds is 30. The minimum atomic E-state index is -1.07. The first kappa shape index (κ1) is 90.2. The molecule has 0 fully saturated rings. The van der Waals surface area contributed by atoms with Gasteiger partial charge in [0.15, 0.2) is 0 Å². The molecule has 0 saturated carbocycles. The van der Waals surface area contributed by atoms with Crippen molar-refractivity contribution >= 4 is 101 Å². The molecule has 12 rings (SSSR count). The molecule has 0 radical (unpaired) electrons. The summed E-state index contributed by atoms with van der Waals surface area (Å²) in [5.74, 6) is -7.91. The molecule has 0 aliphatic carbocycles. The van der Waals surface area contributed by atoms with Gasteiger partial charge in [0.25, 0.3) is 0 Å². The van der Waals surface area contributed by atoms with Crippen LogP contribution in [0.2, 0.25) is 0 Å². The van der Waals surface area contributed by atoms with Gasteiger partial charge in [0, 0.05) is 138 Å². The van der Waals surface area contributed by atoms with Crippen molar-refractivity contribution in [2.45, 2.75) is 218 Å². The maximum atomic E-state index is 13.9. The molecule has 26 heteroatoms. The molecule has 24 N–H and O–H groups in total. The Morgan fingerprint density at radius 3 is 1.07 bits per heavy atom. The third-order valence-corrected chi connectivity index (χ3v) is 21.3. The number of aromatic amines is 6. The summed E-state index contributed by atoms with van der Waals surface area (Å²) in [4.78, 5) is 85.8. The highest BCUT2D eigenvalue weighted by Gasteiger charge is 2.33. The summed E-state index contributed by atoms with van der Waals surface area (Å²) >= 11 is 0. The first-order valence-corrected chi connectivity index (χ1v) is 39.0. The minimum absolute atomic E-state index is 0.154. The zero-order valence-corrected chi connectivity index (χ0v) is 66.6. The predicted octanol–water partition coefficient (Wildman–Crippen LogP) is 16.3. The number of fused-ring (bicyclic) bond motifs is 6. The Bertz CT molecular complexity index is 4930. The van der Waals surface area contributed by atoms with Gasteiger partial charge >= 0.3 is 35.8 Å². The van der Waals surface area contributed by atoms with Crippen LogP contribution in [0.15, 0.2) is 146 Å². The number of aromatic nitrogens is 6. The molecule has 0 spiro atoms. The van der Waals surface area contributed by atoms with Gasteiger partial charge in [0.2, 0.25) is 0 Å². The lowest BCUT2D eigenvalue weighted by molar-refractivity contribution is -0.140. The third-order valence-electron chi connectivity index (χ3n) is 21.3. The number of hydrogen-bond donors (Lipinski definition) is 18. The Hall–Kier alpha value is -11.0. The van der Waals surface area contributed by atoms with Gasteiger partial charge in [0.05, 0.1) is 0 Å². The second-order valence-corrected chi connectivity index (χ2v) is 29.5. The van der Waals surface area contributed by atoms with E-state index in [-0.39, 0.29) is 41.2 Å². The summed E-state index contributed by atoms with van der Waals surface area (Å²) in [5.41, 5.74) is 50.6. The summed E-state index contributed by atoms with van der Waals surface area (Å²) in [6, 6.07) is 28.1. The van der Waals surface area contributed by atoms with Gasteiger partial charge < -0.3 is 94.9 Å². The van der Waals surface area contributed by atoms with Crippen molar-refractivity contribution in [2.24, 2.45) is 34.4 Å². The van der Waals surface area contributed by atoms with Crippen molar-refractivity contribution in [3.8, 4) is 0 Å². The van der Waals surface area contributed by atoms with E-state index in [1.54, 1.807) is 30.6 Å². The van der Waals surface area contributed by atoms with Crippen LogP contribution in [0.3, 0.4) is 0 Å². The number of nitrogens with two attached hydrogens (primary N) is 6. The van der Waals surface area contributed by atoms with Crippen LogP contribution in [0.1, 0.15) is 210 Å². The number of carboxylic acids is 6. The lowest BCUT2D eigenvalue weighted by Gasteiger charge is -2.20. The van der Waals surface area contributed by atoms with Gasteiger partial charge in [-0.2, -0.15) is 0 Å². The van der Waals surface area contributed by atoms with E-state index >= 15 is 0 Å². The van der Waals surface area contributed by atoms with Gasteiger partial charge in [-0.25, -0.2) is 8.78 Å². The van der Waals surface area contributed by atoms with E-state index in [1.807, 2.05) is 155 Å². The monoisotopic (exact) mass is 1570 g/mol. The van der Waals surface area contributed by atoms with Crippen molar-refractivity contribution < 1.29 is 68.2 Å². The SMILES string of the molecule is CCC[C@@H](c1c[nH]c2c(C)cccc12)[C@H](N)C(=O)O.CCC[C@@H](c1c[nH]c2cc(C)ccc12)[C@H](N)C(=O)O.CCC[C@@H](c1c[nH]c2ccc(C)cc12)[C@H](N)C(=O)O.CCC[C@@H](c1c[nH]c2ccc(F)cc12)[C@H](N)C(=O)O.CCC[C@@H](c1c[nH]c2cccc(C)c12)[C@H](N)C(=O)O.CCC[C@@H](c1c[nH]c2cccc(F)c12)[C@H](N)C(=O)O. The van der Waals surface area contributed by atoms with E-state index in [9.17, 15) is 42.7 Å². The molecule has 0 saturated heterocycles. The number of aryl methyl sites for hydroxylation is 4. The quantitative estimate of drug-likeness (QED) is 0.0199. The van der Waals surface area contributed by atoms with Gasteiger partial charge in [0.1, 0.15) is 47.9 Å². The van der Waals surface area contributed by atoms with Crippen LogP contribution in [-0.2, 0) is 28.8 Å². The number of nitrogens with one attached hydrogen (secondary N) is 6. The number of para-hydroxylation sites is 1. The van der Waals surface area contributed by atoms with Crippen LogP contribution in [0.25, 0.3) is 65.4 Å². The average Bonchev–Trinajstić information content (AvgIpc) is 1.68. The van der Waals surface area contributed by atoms with Crippen molar-refractivity contribution in [3.05, 3.63) is 214 Å². The summed E-state index contributed by atoms with van der Waals surface area (Å²) in [5, 5.41) is 60.3. The lowest BCUT2D eigenvalue weighted by Crippen LogP contribution is -2.36. The minimum Gasteiger partial charge on any atom is -0.480 e. The Balaban J connectivity index is 0.000000189. The van der Waals surface area contributed by atoms with Gasteiger partial charge in [-0.1, -0.05) is 140 Å². The van der Waals surface area contributed by atoms with E-state index in [0.717, 1.165) is 158 Å². The second kappa shape index (κ2) is 42.2. The molecule has 0 aliphatic heterocycles. The number of hydrogen-bond acceptors (Lipinski definition) is 12. The fourth-order valence-electron chi connectivity index (χ4n) is 15.4. The highest BCUT2D eigenvalue weighted by molar-refractivity contribution is 5.92. The Morgan fingerprint density at radius 2 is 0.632 bits per heavy atom. The molecular weight excluding hydrogens is 1460 g/mol. The van der Waals surface area contributed by atoms with Crippen LogP contribution < -0.4 is 34.4 Å². The molecule has 12 atom stereocenters. The van der Waals surface area contributed by atoms with E-state index < -0.39 is 78.0 Å². The molecule has 0 amide bonds. The molecule has 0 aliphatic rings. The fourth-order valence-corrected chi connectivity index (χ4v) is 15.4. The number of halogens is 2. The maximum Gasteiger partial charge on any atom is 0.321 e. The molecule has 612 valence electrons. The molecule has 24 nitrogen and oxygen atoms in total. The largest absolute Gasteiger partial charge is 0.480 e. The van der Waals surface area contributed by atoms with Crippen LogP contribution in [-0.4, -0.2) is 133 Å². The van der Waals surface area contributed by atoms with Crippen molar-refractivity contribution in [1.82, 2.24) is 29.9 Å². The highest BCUT2D eigenvalue weighted by atomic mass is 19.1. The van der Waals surface area contributed by atoms with Crippen LogP contribution >= 0.6 is 0 Å². The van der Waals surface area contributed by atoms with Gasteiger partial charge in [-0.3, -0.25) is 28.8 Å². The maximum absolute atomic E-state index is 13.9.